The van der Waals surface area contributed by atoms with Gasteiger partial charge in [0.05, 0.1) is 48.9 Å². The van der Waals surface area contributed by atoms with Crippen LogP contribution in [-0.4, -0.2) is 45.1 Å². The first-order chi connectivity index (χ1) is 24.0. The van der Waals surface area contributed by atoms with Gasteiger partial charge in [-0.3, -0.25) is 14.8 Å². The number of benzene rings is 4. The van der Waals surface area contributed by atoms with Gasteiger partial charge in [-0.15, -0.1) is 24.3 Å². The fourth-order valence-corrected chi connectivity index (χ4v) is 6.26. The van der Waals surface area contributed by atoms with Crippen LogP contribution in [0.2, 0.25) is 0 Å². The van der Waals surface area contributed by atoms with E-state index in [4.69, 9.17) is 19.4 Å². The molecule has 3 heterocycles. The molecule has 7 rings (SSSR count). The molecule has 1 radical (unpaired) electrons. The van der Waals surface area contributed by atoms with Crippen LogP contribution in [0.15, 0.2) is 102 Å². The first-order valence-electron chi connectivity index (χ1n) is 17.3. The third-order valence-electron chi connectivity index (χ3n) is 9.45. The van der Waals surface area contributed by atoms with Crippen LogP contribution in [0.4, 0.5) is 0 Å². The normalized spacial score (nSPS) is 14.3. The number of aliphatic hydroxyl groups excluding tert-OH is 1. The van der Waals surface area contributed by atoms with Crippen molar-refractivity contribution in [3.8, 4) is 11.1 Å². The molecule has 51 heavy (non-hydrogen) atoms. The van der Waals surface area contributed by atoms with E-state index in [-0.39, 0.29) is 42.5 Å². The molecule has 0 unspecified atom stereocenters. The van der Waals surface area contributed by atoms with Crippen molar-refractivity contribution in [2.45, 2.75) is 66.4 Å². The monoisotopic (exact) mass is 861 g/mol. The van der Waals surface area contributed by atoms with Crippen LogP contribution in [0, 0.1) is 11.5 Å². The third-order valence-corrected chi connectivity index (χ3v) is 9.45. The zero-order chi connectivity index (χ0) is 35.5. The van der Waals surface area contributed by atoms with Crippen LogP contribution in [0.25, 0.3) is 38.7 Å². The number of Topliss-reactive ketones (excluding diaryl/α,β-unsaturated/α-hetero) is 1. The van der Waals surface area contributed by atoms with E-state index in [0.717, 1.165) is 81.9 Å². The fraction of sp³-hybridized carbons (Fsp3) is 0.326. The molecule has 1 N–H and O–H groups in total. The average Bonchev–Trinajstić information content (AvgIpc) is 3.48. The van der Waals surface area contributed by atoms with Crippen molar-refractivity contribution in [3.05, 3.63) is 125 Å². The maximum absolute atomic E-state index is 11.6. The molecule has 0 atom stereocenters. The minimum absolute atomic E-state index is 0. The average molecular weight is 861 g/mol. The standard InChI is InChI=1S/C25H30O4.C18H16N3.Ir/c1-4-25(16-29-17-25)15-28-14-21-7-11-23(12-8-21)22-9-5-20(6-10-22)13-24(18(2)26)19(3)27;1-18(2,3)17-20-13-9-5-4-8-12(13)16-19-14-10-6-7-11-15(14)21(16)17;/h5-12,26H,4,13-17H2,1-3H3;4-7,9-11H,1-3H3;/q;-1;. The molecule has 1 fully saturated rings. The molecule has 0 amide bonds. The molecule has 1 aliphatic heterocycles. The molecule has 7 nitrogen and oxygen atoms in total. The zero-order valence-corrected chi connectivity index (χ0v) is 32.6. The maximum atomic E-state index is 11.6. The second kappa shape index (κ2) is 16.0. The number of rotatable bonds is 9. The predicted octanol–water partition coefficient (Wildman–Crippen LogP) is 9.39. The van der Waals surface area contributed by atoms with Gasteiger partial charge in [0.1, 0.15) is 5.82 Å². The molecule has 1 saturated heterocycles. The molecular weight excluding hydrogens is 815 g/mol. The summed E-state index contributed by atoms with van der Waals surface area (Å²) in [5.41, 5.74) is 9.01. The van der Waals surface area contributed by atoms with E-state index in [1.807, 2.05) is 60.7 Å². The van der Waals surface area contributed by atoms with E-state index < -0.39 is 0 Å². The molecule has 4 aromatic carbocycles. The number of fused-ring (bicyclic) bond motifs is 5. The van der Waals surface area contributed by atoms with E-state index in [0.29, 0.717) is 18.6 Å². The number of carbonyl (C=O) groups excluding carboxylic acids is 1. The summed E-state index contributed by atoms with van der Waals surface area (Å²) in [6.07, 6.45) is 1.53. The number of para-hydroxylation sites is 2. The van der Waals surface area contributed by atoms with Gasteiger partial charge in [0.2, 0.25) is 0 Å². The fourth-order valence-electron chi connectivity index (χ4n) is 6.26. The largest absolute Gasteiger partial charge is 0.512 e. The number of carbonyl (C=O) groups is 1. The number of aromatic nitrogens is 3. The van der Waals surface area contributed by atoms with Gasteiger partial charge in [-0.1, -0.05) is 93.7 Å². The van der Waals surface area contributed by atoms with Crippen molar-refractivity contribution in [1.82, 2.24) is 14.4 Å². The smallest absolute Gasteiger partial charge is 0.159 e. The molecule has 2 aromatic heterocycles. The summed E-state index contributed by atoms with van der Waals surface area (Å²) in [6.45, 7) is 14.7. The Kier molecular flexibility index (Phi) is 11.9. The Morgan fingerprint density at radius 3 is 2.10 bits per heavy atom. The number of aliphatic hydroxyl groups is 1. The van der Waals surface area contributed by atoms with Crippen LogP contribution in [0.3, 0.4) is 0 Å². The Bertz CT molecular complexity index is 2150. The minimum atomic E-state index is -0.0958. The van der Waals surface area contributed by atoms with E-state index in [1.54, 1.807) is 6.92 Å². The van der Waals surface area contributed by atoms with Gasteiger partial charge < -0.3 is 19.0 Å². The molecule has 0 saturated carbocycles. The Morgan fingerprint density at radius 2 is 1.53 bits per heavy atom. The molecular formula is C43H46IrN3O4-. The van der Waals surface area contributed by atoms with Gasteiger partial charge >= 0.3 is 0 Å². The summed E-state index contributed by atoms with van der Waals surface area (Å²) in [5, 5.41) is 10.7. The minimum Gasteiger partial charge on any atom is -0.512 e. The molecule has 0 spiro atoms. The first-order valence-corrected chi connectivity index (χ1v) is 17.3. The first kappa shape index (κ1) is 38.0. The van der Waals surface area contributed by atoms with Crippen molar-refractivity contribution in [1.29, 1.82) is 0 Å². The van der Waals surface area contributed by atoms with Gasteiger partial charge in [0.15, 0.2) is 5.78 Å². The zero-order valence-electron chi connectivity index (χ0n) is 30.2. The van der Waals surface area contributed by atoms with Crippen molar-refractivity contribution in [3.63, 3.8) is 0 Å². The van der Waals surface area contributed by atoms with Crippen LogP contribution in [-0.2, 0) is 52.8 Å². The van der Waals surface area contributed by atoms with Crippen molar-refractivity contribution < 1.29 is 39.5 Å². The Balaban J connectivity index is 0.000000202. The SMILES string of the molecule is CC(C)(C)c1nc2ccc[c-]c2c2nc3ccccc3n12.CCC1(COCc2ccc(-c3ccc(CC(C(C)=O)=C(C)O)cc3)cc2)COC1.[Ir]. The summed E-state index contributed by atoms with van der Waals surface area (Å²) < 4.78 is 13.4. The van der Waals surface area contributed by atoms with Gasteiger partial charge in [0, 0.05) is 42.9 Å². The predicted molar refractivity (Wildman–Crippen MR) is 200 cm³/mol. The van der Waals surface area contributed by atoms with Crippen molar-refractivity contribution >= 4 is 33.4 Å². The number of ketones is 1. The maximum Gasteiger partial charge on any atom is 0.159 e. The van der Waals surface area contributed by atoms with Crippen LogP contribution < -0.4 is 0 Å². The Morgan fingerprint density at radius 1 is 0.902 bits per heavy atom. The van der Waals surface area contributed by atoms with Gasteiger partial charge in [0.25, 0.3) is 0 Å². The summed E-state index contributed by atoms with van der Waals surface area (Å²) in [4.78, 5) is 21.3. The summed E-state index contributed by atoms with van der Waals surface area (Å²) in [7, 11) is 0. The summed E-state index contributed by atoms with van der Waals surface area (Å²) in [5.74, 6) is 1.02. The van der Waals surface area contributed by atoms with Crippen molar-refractivity contribution in [2.75, 3.05) is 19.8 Å². The van der Waals surface area contributed by atoms with Gasteiger partial charge in [-0.25, -0.2) is 0 Å². The van der Waals surface area contributed by atoms with E-state index in [1.165, 1.54) is 6.92 Å². The van der Waals surface area contributed by atoms with Gasteiger partial charge in [-0.05, 0) is 60.2 Å². The molecule has 8 heteroatoms. The molecule has 0 bridgehead atoms. The topological polar surface area (TPSA) is 86.0 Å². The Hall–Kier alpha value is -4.20. The molecule has 1 aliphatic rings. The number of imidazole rings is 1. The van der Waals surface area contributed by atoms with Gasteiger partial charge in [-0.2, -0.15) is 0 Å². The quantitative estimate of drug-likeness (QED) is 0.0887. The van der Waals surface area contributed by atoms with E-state index in [9.17, 15) is 9.90 Å². The number of allylic oxidation sites excluding steroid dienone is 2. The molecule has 6 aromatic rings. The van der Waals surface area contributed by atoms with E-state index >= 15 is 0 Å². The second-order valence-electron chi connectivity index (χ2n) is 14.4. The Labute approximate surface area is 314 Å². The van der Waals surface area contributed by atoms with E-state index in [2.05, 4.69) is 68.5 Å². The van der Waals surface area contributed by atoms with Crippen LogP contribution >= 0.6 is 0 Å². The summed E-state index contributed by atoms with van der Waals surface area (Å²) >= 11 is 0. The third kappa shape index (κ3) is 8.48. The number of hydrogen-bond donors (Lipinski definition) is 1. The molecule has 0 aliphatic carbocycles. The number of hydrogen-bond acceptors (Lipinski definition) is 6. The second-order valence-corrected chi connectivity index (χ2v) is 14.4. The van der Waals surface area contributed by atoms with Crippen LogP contribution in [0.1, 0.15) is 64.9 Å². The van der Waals surface area contributed by atoms with Crippen molar-refractivity contribution in [2.24, 2.45) is 5.41 Å². The van der Waals surface area contributed by atoms with Crippen LogP contribution in [0.5, 0.6) is 0 Å². The number of nitrogens with zero attached hydrogens (tertiary/aromatic N) is 3. The summed E-state index contributed by atoms with van der Waals surface area (Å²) in [6, 6.07) is 33.9. The number of ether oxygens (including phenoxy) is 2. The molecule has 267 valence electrons.